The number of nitrogens with one attached hydrogen (secondary N) is 1. The molecule has 1 aliphatic carbocycles. The summed E-state index contributed by atoms with van der Waals surface area (Å²) in [6, 6.07) is 2.37. The normalized spacial score (nSPS) is 41.1. The third kappa shape index (κ3) is 3.16. The van der Waals surface area contributed by atoms with Crippen molar-refractivity contribution in [2.45, 2.75) is 70.5 Å². The standard InChI is InChI=1S/C18H35N3/c1-18(2)10-5-6-14(17(18)19-3)12-21-11-9-15-7-8-16(13-21)20(15)4/h14-17,19H,5-13H2,1-4H3. The van der Waals surface area contributed by atoms with E-state index in [0.29, 0.717) is 11.5 Å². The number of fused-ring (bicyclic) bond motifs is 2. The molecule has 21 heavy (non-hydrogen) atoms. The summed E-state index contributed by atoms with van der Waals surface area (Å²) < 4.78 is 0. The second kappa shape index (κ2) is 6.17. The zero-order chi connectivity index (χ0) is 15.0. The molecular formula is C18H35N3. The van der Waals surface area contributed by atoms with Crippen molar-refractivity contribution < 1.29 is 0 Å². The molecule has 1 N–H and O–H groups in total. The van der Waals surface area contributed by atoms with Gasteiger partial charge in [-0.3, -0.25) is 4.90 Å². The fourth-order valence-corrected chi connectivity index (χ4v) is 5.48. The van der Waals surface area contributed by atoms with Gasteiger partial charge in [0, 0.05) is 31.2 Å². The molecule has 3 aliphatic rings. The fourth-order valence-electron chi connectivity index (χ4n) is 5.48. The highest BCUT2D eigenvalue weighted by Gasteiger charge is 2.40. The predicted octanol–water partition coefficient (Wildman–Crippen LogP) is 2.57. The van der Waals surface area contributed by atoms with Crippen LogP contribution in [0.3, 0.4) is 0 Å². The lowest BCUT2D eigenvalue weighted by Gasteiger charge is -2.45. The summed E-state index contributed by atoms with van der Waals surface area (Å²) in [6.45, 7) is 8.85. The van der Waals surface area contributed by atoms with Gasteiger partial charge < -0.3 is 10.2 Å². The van der Waals surface area contributed by atoms with E-state index in [4.69, 9.17) is 0 Å². The van der Waals surface area contributed by atoms with Gasteiger partial charge in [-0.2, -0.15) is 0 Å². The van der Waals surface area contributed by atoms with E-state index in [1.54, 1.807) is 0 Å². The summed E-state index contributed by atoms with van der Waals surface area (Å²) in [5.74, 6) is 0.834. The minimum absolute atomic E-state index is 0.458. The lowest BCUT2D eigenvalue weighted by atomic mass is 9.68. The molecule has 3 fully saturated rings. The molecule has 1 saturated carbocycles. The minimum atomic E-state index is 0.458. The maximum atomic E-state index is 3.66. The Balaban J connectivity index is 1.63. The summed E-state index contributed by atoms with van der Waals surface area (Å²) in [7, 11) is 4.52. The minimum Gasteiger partial charge on any atom is -0.316 e. The van der Waals surface area contributed by atoms with Crippen LogP contribution < -0.4 is 5.32 Å². The Morgan fingerprint density at radius 2 is 1.86 bits per heavy atom. The molecule has 0 amide bonds. The van der Waals surface area contributed by atoms with E-state index in [0.717, 1.165) is 18.0 Å². The van der Waals surface area contributed by atoms with E-state index in [9.17, 15) is 0 Å². The topological polar surface area (TPSA) is 18.5 Å². The van der Waals surface area contributed by atoms with Crippen LogP contribution in [0, 0.1) is 11.3 Å². The van der Waals surface area contributed by atoms with E-state index >= 15 is 0 Å². The smallest absolute Gasteiger partial charge is 0.0223 e. The van der Waals surface area contributed by atoms with E-state index in [1.807, 2.05) is 0 Å². The molecule has 4 unspecified atom stereocenters. The maximum Gasteiger partial charge on any atom is 0.0223 e. The van der Waals surface area contributed by atoms with Crippen molar-refractivity contribution in [3.05, 3.63) is 0 Å². The van der Waals surface area contributed by atoms with Gasteiger partial charge in [0.2, 0.25) is 0 Å². The number of likely N-dealkylation sites (tertiary alicyclic amines) is 1. The first-order chi connectivity index (χ1) is 10.0. The third-order valence-corrected chi connectivity index (χ3v) is 6.75. The van der Waals surface area contributed by atoms with Gasteiger partial charge >= 0.3 is 0 Å². The van der Waals surface area contributed by atoms with Gasteiger partial charge in [0.1, 0.15) is 0 Å². The van der Waals surface area contributed by atoms with E-state index in [2.05, 4.69) is 43.1 Å². The molecule has 2 bridgehead atoms. The first-order valence-corrected chi connectivity index (χ1v) is 9.13. The van der Waals surface area contributed by atoms with Crippen LogP contribution in [-0.4, -0.2) is 61.7 Å². The molecule has 2 saturated heterocycles. The number of rotatable bonds is 3. The second-order valence-corrected chi connectivity index (χ2v) is 8.51. The summed E-state index contributed by atoms with van der Waals surface area (Å²) in [6.07, 6.45) is 8.44. The Morgan fingerprint density at radius 3 is 2.62 bits per heavy atom. The predicted molar refractivity (Wildman–Crippen MR) is 89.6 cm³/mol. The quantitative estimate of drug-likeness (QED) is 0.863. The van der Waals surface area contributed by atoms with Crippen LogP contribution >= 0.6 is 0 Å². The van der Waals surface area contributed by atoms with Crippen LogP contribution in [0.25, 0.3) is 0 Å². The average molecular weight is 293 g/mol. The van der Waals surface area contributed by atoms with Crippen LogP contribution in [0.2, 0.25) is 0 Å². The number of nitrogens with zero attached hydrogens (tertiary/aromatic N) is 2. The molecule has 122 valence electrons. The van der Waals surface area contributed by atoms with Gasteiger partial charge in [0.05, 0.1) is 0 Å². The van der Waals surface area contributed by atoms with Crippen LogP contribution in [0.1, 0.15) is 52.4 Å². The Hall–Kier alpha value is -0.120. The lowest BCUT2D eigenvalue weighted by Crippen LogP contribution is -2.52. The van der Waals surface area contributed by atoms with Gasteiger partial charge in [-0.05, 0) is 64.1 Å². The van der Waals surface area contributed by atoms with Crippen LogP contribution in [0.5, 0.6) is 0 Å². The monoisotopic (exact) mass is 293 g/mol. The molecule has 3 heteroatoms. The molecule has 3 rings (SSSR count). The number of hydrogen-bond acceptors (Lipinski definition) is 3. The summed E-state index contributed by atoms with van der Waals surface area (Å²) in [5, 5.41) is 3.66. The summed E-state index contributed by atoms with van der Waals surface area (Å²) >= 11 is 0. The highest BCUT2D eigenvalue weighted by molar-refractivity contribution is 4.96. The molecule has 2 aliphatic heterocycles. The number of likely N-dealkylation sites (N-methyl/N-ethyl adjacent to an activating group) is 1. The van der Waals surface area contributed by atoms with Crippen LogP contribution in [-0.2, 0) is 0 Å². The van der Waals surface area contributed by atoms with Crippen molar-refractivity contribution in [1.29, 1.82) is 0 Å². The first kappa shape index (κ1) is 15.8. The molecule has 0 aromatic heterocycles. The molecule has 0 spiro atoms. The van der Waals surface area contributed by atoms with E-state index < -0.39 is 0 Å². The van der Waals surface area contributed by atoms with Crippen molar-refractivity contribution in [1.82, 2.24) is 15.1 Å². The van der Waals surface area contributed by atoms with E-state index in [-0.39, 0.29) is 0 Å². The largest absolute Gasteiger partial charge is 0.316 e. The summed E-state index contributed by atoms with van der Waals surface area (Å²) in [5.41, 5.74) is 0.458. The van der Waals surface area contributed by atoms with Crippen LogP contribution in [0.15, 0.2) is 0 Å². The zero-order valence-corrected chi connectivity index (χ0v) is 14.6. The highest BCUT2D eigenvalue weighted by Crippen LogP contribution is 2.39. The second-order valence-electron chi connectivity index (χ2n) is 8.51. The molecule has 0 radical (unpaired) electrons. The van der Waals surface area contributed by atoms with Crippen molar-refractivity contribution in [3.63, 3.8) is 0 Å². The Labute approximate surface area is 131 Å². The molecule has 0 aromatic rings. The lowest BCUT2D eigenvalue weighted by molar-refractivity contribution is 0.0804. The SMILES string of the molecule is CNC1C(CN2CCC3CCC(C2)N3C)CCCC1(C)C. The van der Waals surface area contributed by atoms with E-state index in [1.165, 1.54) is 58.2 Å². The Bertz CT molecular complexity index is 354. The van der Waals surface area contributed by atoms with Crippen molar-refractivity contribution in [3.8, 4) is 0 Å². The third-order valence-electron chi connectivity index (χ3n) is 6.75. The average Bonchev–Trinajstić information content (AvgIpc) is 2.66. The first-order valence-electron chi connectivity index (χ1n) is 9.13. The van der Waals surface area contributed by atoms with Crippen molar-refractivity contribution >= 4 is 0 Å². The van der Waals surface area contributed by atoms with Gasteiger partial charge in [-0.1, -0.05) is 20.3 Å². The van der Waals surface area contributed by atoms with Gasteiger partial charge in [0.15, 0.2) is 0 Å². The maximum absolute atomic E-state index is 3.66. The molecular weight excluding hydrogens is 258 g/mol. The molecule has 0 aromatic carbocycles. The molecule has 2 heterocycles. The summed E-state index contributed by atoms with van der Waals surface area (Å²) in [4.78, 5) is 5.46. The molecule has 4 atom stereocenters. The number of hydrogen-bond donors (Lipinski definition) is 1. The fraction of sp³-hybridized carbons (Fsp3) is 1.00. The molecule has 3 nitrogen and oxygen atoms in total. The van der Waals surface area contributed by atoms with Crippen molar-refractivity contribution in [2.75, 3.05) is 33.7 Å². The zero-order valence-electron chi connectivity index (χ0n) is 14.6. The Kier molecular flexibility index (Phi) is 4.63. The Morgan fingerprint density at radius 1 is 1.10 bits per heavy atom. The van der Waals surface area contributed by atoms with Crippen LogP contribution in [0.4, 0.5) is 0 Å². The van der Waals surface area contributed by atoms with Gasteiger partial charge in [-0.15, -0.1) is 0 Å². The van der Waals surface area contributed by atoms with Crippen molar-refractivity contribution in [2.24, 2.45) is 11.3 Å². The van der Waals surface area contributed by atoms with Gasteiger partial charge in [0.25, 0.3) is 0 Å². The van der Waals surface area contributed by atoms with Gasteiger partial charge in [-0.25, -0.2) is 0 Å². The highest BCUT2D eigenvalue weighted by atomic mass is 15.3.